The van der Waals surface area contributed by atoms with Crippen molar-refractivity contribution in [3.63, 3.8) is 0 Å². The highest BCUT2D eigenvalue weighted by Crippen LogP contribution is 2.28. The van der Waals surface area contributed by atoms with Gasteiger partial charge in [0.2, 0.25) is 5.91 Å². The molecule has 0 spiro atoms. The van der Waals surface area contributed by atoms with E-state index in [1.807, 2.05) is 74.9 Å². The number of carbonyl (C=O) groups excluding carboxylic acids is 3. The molecule has 376 valence electrons. The van der Waals surface area contributed by atoms with Crippen molar-refractivity contribution in [2.24, 2.45) is 5.73 Å². The summed E-state index contributed by atoms with van der Waals surface area (Å²) in [6.07, 6.45) is 19.0. The number of aromatic nitrogens is 7. The van der Waals surface area contributed by atoms with Gasteiger partial charge in [-0.25, -0.2) is 14.4 Å². The number of nitrogens with one attached hydrogen (secondary N) is 2. The monoisotopic (exact) mass is 979 g/mol. The lowest BCUT2D eigenvalue weighted by molar-refractivity contribution is -0.124. The van der Waals surface area contributed by atoms with E-state index in [1.54, 1.807) is 49.1 Å². The largest absolute Gasteiger partial charge is 0.370 e. The fraction of sp³-hybridized carbons (Fsp3) is 0.333. The Morgan fingerprint density at radius 2 is 1.47 bits per heavy atom. The maximum atomic E-state index is 13.7. The van der Waals surface area contributed by atoms with Gasteiger partial charge < -0.3 is 44.4 Å². The van der Waals surface area contributed by atoms with Gasteiger partial charge >= 0.3 is 0 Å². The van der Waals surface area contributed by atoms with Crippen LogP contribution in [0.5, 0.6) is 0 Å². The predicted molar refractivity (Wildman–Crippen MR) is 280 cm³/mol. The van der Waals surface area contributed by atoms with Crippen molar-refractivity contribution in [2.45, 2.75) is 78.6 Å². The SMILES string of the molecule is C=CCn1cc(C(=O)N(C)C2CCN(c3cc(-c4ccccn4)ncn3)CC2)c2cc(C)[nH]c2c1=O.C=CCn1cc(C(=O)N2CCN(/C3=C/C=C(F)\C=C/CC3)CC2C(N)=O)c2cc(C)[nH]c2c1=O.CC. The number of piperidine rings is 1. The zero-order valence-electron chi connectivity index (χ0n) is 41.6. The number of primary amides is 1. The number of amides is 3. The van der Waals surface area contributed by atoms with Crippen molar-refractivity contribution in [1.29, 1.82) is 0 Å². The molecule has 2 saturated heterocycles. The predicted octanol–water partition coefficient (Wildman–Crippen LogP) is 6.97. The molecule has 18 heteroatoms. The van der Waals surface area contributed by atoms with Gasteiger partial charge in [-0.2, -0.15) is 0 Å². The number of halogens is 1. The van der Waals surface area contributed by atoms with E-state index in [1.165, 1.54) is 32.4 Å². The minimum absolute atomic E-state index is 0.0840. The Bertz CT molecular complexity index is 3190. The molecule has 3 amide bonds. The first kappa shape index (κ1) is 51.7. The highest BCUT2D eigenvalue weighted by Gasteiger charge is 2.36. The van der Waals surface area contributed by atoms with Gasteiger partial charge in [-0.1, -0.05) is 38.1 Å². The fourth-order valence-corrected chi connectivity index (χ4v) is 9.39. The van der Waals surface area contributed by atoms with Crippen LogP contribution in [-0.2, 0) is 17.9 Å². The van der Waals surface area contributed by atoms with Crippen LogP contribution in [0.2, 0.25) is 0 Å². The van der Waals surface area contributed by atoms with Gasteiger partial charge in [0.15, 0.2) is 0 Å². The van der Waals surface area contributed by atoms with Crippen LogP contribution in [-0.4, -0.2) is 118 Å². The van der Waals surface area contributed by atoms with Gasteiger partial charge in [-0.15, -0.1) is 13.2 Å². The molecule has 4 N–H and O–H groups in total. The van der Waals surface area contributed by atoms with Crippen molar-refractivity contribution in [1.82, 2.24) is 48.8 Å². The molecule has 0 saturated carbocycles. The second kappa shape index (κ2) is 23.2. The third-order valence-corrected chi connectivity index (χ3v) is 13.0. The number of pyridine rings is 3. The number of nitrogens with two attached hydrogens (primary N) is 1. The maximum absolute atomic E-state index is 13.7. The topological polar surface area (TPSA) is 204 Å². The minimum atomic E-state index is -0.869. The highest BCUT2D eigenvalue weighted by atomic mass is 19.1. The summed E-state index contributed by atoms with van der Waals surface area (Å²) in [4.78, 5) is 92.2. The summed E-state index contributed by atoms with van der Waals surface area (Å²) in [7, 11) is 1.85. The van der Waals surface area contributed by atoms with Gasteiger partial charge in [0.25, 0.3) is 22.9 Å². The van der Waals surface area contributed by atoms with Crippen LogP contribution in [0, 0.1) is 13.8 Å². The molecule has 1 aliphatic carbocycles. The van der Waals surface area contributed by atoms with Gasteiger partial charge in [-0.3, -0.25) is 29.0 Å². The maximum Gasteiger partial charge on any atom is 0.275 e. The number of rotatable bonds is 11. The number of nitrogens with zero attached hydrogens (tertiary/aromatic N) is 9. The summed E-state index contributed by atoms with van der Waals surface area (Å²) in [6.45, 7) is 18.2. The quantitative estimate of drug-likeness (QED) is 0.114. The molecule has 17 nitrogen and oxygen atoms in total. The third-order valence-electron chi connectivity index (χ3n) is 13.0. The van der Waals surface area contributed by atoms with E-state index in [-0.39, 0.29) is 54.4 Å². The van der Waals surface area contributed by atoms with E-state index in [4.69, 9.17) is 5.73 Å². The van der Waals surface area contributed by atoms with Crippen molar-refractivity contribution in [3.8, 4) is 11.4 Å². The number of aryl methyl sites for hydroxylation is 2. The van der Waals surface area contributed by atoms with Crippen LogP contribution in [0.4, 0.5) is 10.2 Å². The highest BCUT2D eigenvalue weighted by molar-refractivity contribution is 6.08. The van der Waals surface area contributed by atoms with E-state index in [9.17, 15) is 28.4 Å². The van der Waals surface area contributed by atoms with Crippen molar-refractivity contribution < 1.29 is 18.8 Å². The van der Waals surface area contributed by atoms with Crippen LogP contribution in [0.1, 0.15) is 71.6 Å². The van der Waals surface area contributed by atoms with Gasteiger partial charge in [0.05, 0.1) is 22.5 Å². The Balaban J connectivity index is 0.000000205. The molecule has 0 bridgehead atoms. The number of H-pyrrole nitrogens is 2. The van der Waals surface area contributed by atoms with E-state index in [0.29, 0.717) is 58.9 Å². The number of carbonyl (C=O) groups is 3. The molecule has 6 aromatic rings. The van der Waals surface area contributed by atoms with E-state index >= 15 is 0 Å². The van der Waals surface area contributed by atoms with Crippen molar-refractivity contribution >= 4 is 45.3 Å². The lowest BCUT2D eigenvalue weighted by Gasteiger charge is -2.42. The summed E-state index contributed by atoms with van der Waals surface area (Å²) in [5, 5.41) is 1.17. The molecule has 8 heterocycles. The molecular weight excluding hydrogens is 916 g/mol. The fourth-order valence-electron chi connectivity index (χ4n) is 9.39. The molecule has 2 aliphatic heterocycles. The number of hydrogen-bond donors (Lipinski definition) is 3. The van der Waals surface area contributed by atoms with Crippen LogP contribution < -0.4 is 21.8 Å². The van der Waals surface area contributed by atoms with E-state index < -0.39 is 11.9 Å². The number of anilines is 1. The molecule has 1 atom stereocenters. The lowest BCUT2D eigenvalue weighted by Crippen LogP contribution is -2.59. The smallest absolute Gasteiger partial charge is 0.275 e. The average Bonchev–Trinajstić information content (AvgIpc) is 4.00. The number of allylic oxidation sites excluding steroid dienone is 8. The average molecular weight is 979 g/mol. The Morgan fingerprint density at radius 3 is 2.08 bits per heavy atom. The van der Waals surface area contributed by atoms with Crippen LogP contribution in [0.15, 0.2) is 132 Å². The van der Waals surface area contributed by atoms with E-state index in [0.717, 1.165) is 60.2 Å². The number of aromatic amines is 2. The second-order valence-electron chi connectivity index (χ2n) is 17.7. The first-order chi connectivity index (χ1) is 34.8. The Labute approximate surface area is 417 Å². The van der Waals surface area contributed by atoms with Gasteiger partial charge in [-0.05, 0) is 82.0 Å². The zero-order chi connectivity index (χ0) is 51.6. The zero-order valence-corrected chi connectivity index (χ0v) is 41.6. The normalized spacial score (nSPS) is 18.0. The molecule has 3 aliphatic rings. The van der Waals surface area contributed by atoms with Crippen LogP contribution >= 0.6 is 0 Å². The first-order valence-corrected chi connectivity index (χ1v) is 24.3. The first-order valence-electron chi connectivity index (χ1n) is 24.3. The molecule has 0 aromatic carbocycles. The summed E-state index contributed by atoms with van der Waals surface area (Å²) < 4.78 is 16.7. The summed E-state index contributed by atoms with van der Waals surface area (Å²) in [5.41, 5.74) is 11.0. The Kier molecular flexibility index (Phi) is 16.6. The van der Waals surface area contributed by atoms with E-state index in [2.05, 4.69) is 43.0 Å². The summed E-state index contributed by atoms with van der Waals surface area (Å²) in [6, 6.07) is 10.6. The summed E-state index contributed by atoms with van der Waals surface area (Å²) >= 11 is 0. The molecule has 0 radical (unpaired) electrons. The number of fused-ring (bicyclic) bond motifs is 2. The lowest BCUT2D eigenvalue weighted by atomic mass is 10.0. The standard InChI is InChI=1S/C27H29N7O2.C25H28FN5O3.C2H6/c1-4-11-34-16-21(20-14-18(2)31-25(20)27(34)36)26(35)32(3)19-8-12-33(13-9-19)24-15-23(29-17-30-24)22-7-5-6-10-28-22;1-3-10-30-14-20(19-13-16(2)28-22(19)25(30)34)24(33)31-12-11-29(15-21(31)23(27)32)18-7-5-4-6-17(26)8-9-18;1-2/h4-7,10,14-17,19,31H,1,8-9,11-13H2,2-3H3;3-4,6,8-9,13-14,21,28H,1,5,7,10-12,15H2,2H3,(H2,27,32);1-2H3/b;6-4-,17-8+,18-9+;. The third kappa shape index (κ3) is 11.2. The molecule has 72 heavy (non-hydrogen) atoms. The Hall–Kier alpha value is -8.15. The number of piperazine rings is 1. The molecule has 1 unspecified atom stereocenters. The molecule has 6 aromatic heterocycles. The summed E-state index contributed by atoms with van der Waals surface area (Å²) in [5.74, 6) is -0.551. The van der Waals surface area contributed by atoms with Crippen LogP contribution in [0.3, 0.4) is 0 Å². The second-order valence-corrected chi connectivity index (χ2v) is 17.7. The van der Waals surface area contributed by atoms with Crippen molar-refractivity contribution in [2.75, 3.05) is 44.7 Å². The molecular formula is C54H63FN12O5. The number of hydrogen-bond acceptors (Lipinski definition) is 10. The molecule has 2 fully saturated rings. The van der Waals surface area contributed by atoms with Crippen LogP contribution in [0.25, 0.3) is 33.2 Å². The van der Waals surface area contributed by atoms with Crippen molar-refractivity contribution in [3.05, 3.63) is 166 Å². The van der Waals surface area contributed by atoms with Gasteiger partial charge in [0.1, 0.15) is 35.0 Å². The Morgan fingerprint density at radius 1 is 0.833 bits per heavy atom. The van der Waals surface area contributed by atoms with Gasteiger partial charge in [0, 0.05) is 111 Å². The minimum Gasteiger partial charge on any atom is -0.370 e. The molecule has 9 rings (SSSR count).